The molecule has 0 heterocycles. The largest absolute Gasteiger partial charge is 0.480 e. The van der Waals surface area contributed by atoms with E-state index in [-0.39, 0.29) is 5.69 Å². The Balaban J connectivity index is 2.94. The molecule has 0 saturated carbocycles. The molecule has 1 aromatic carbocycles. The molecule has 0 aliphatic carbocycles. The van der Waals surface area contributed by atoms with Gasteiger partial charge in [-0.3, -0.25) is 14.9 Å². The monoisotopic (exact) mass is 241 g/mol. The van der Waals surface area contributed by atoms with Gasteiger partial charge in [0.25, 0.3) is 5.69 Å². The summed E-state index contributed by atoms with van der Waals surface area (Å²) in [6, 6.07) is 5.94. The van der Waals surface area contributed by atoms with Gasteiger partial charge in [0.05, 0.1) is 4.92 Å². The van der Waals surface area contributed by atoms with Gasteiger partial charge in [0.2, 0.25) is 0 Å². The maximum absolute atomic E-state index is 10.9. The maximum Gasteiger partial charge on any atom is 0.319 e. The second kappa shape index (κ2) is 4.52. The molecule has 86 valence electrons. The first-order valence-electron chi connectivity index (χ1n) is 4.50. The van der Waals surface area contributed by atoms with Crippen molar-refractivity contribution in [2.75, 3.05) is 0 Å². The Hall–Kier alpha value is -1.56. The highest BCUT2D eigenvalue weighted by Crippen LogP contribution is 2.34. The highest BCUT2D eigenvalue weighted by molar-refractivity contribution is 8.01. The van der Waals surface area contributed by atoms with Crippen LogP contribution in [0.5, 0.6) is 0 Å². The van der Waals surface area contributed by atoms with Crippen LogP contribution in [0.15, 0.2) is 29.2 Å². The molecule has 0 unspecified atom stereocenters. The summed E-state index contributed by atoms with van der Waals surface area (Å²) < 4.78 is -1.00. The predicted molar refractivity (Wildman–Crippen MR) is 60.7 cm³/mol. The number of rotatable bonds is 4. The number of aliphatic carboxylic acids is 1. The number of carboxylic acid groups (broad SMARTS) is 1. The third-order valence-electron chi connectivity index (χ3n) is 1.92. The molecule has 16 heavy (non-hydrogen) atoms. The average Bonchev–Trinajstić information content (AvgIpc) is 2.17. The average molecular weight is 241 g/mol. The Morgan fingerprint density at radius 1 is 1.50 bits per heavy atom. The highest BCUT2D eigenvalue weighted by Gasteiger charge is 2.28. The molecule has 0 bridgehead atoms. The molecular formula is C10H11NO4S. The molecule has 5 nitrogen and oxygen atoms in total. The van der Waals surface area contributed by atoms with E-state index < -0.39 is 15.6 Å². The van der Waals surface area contributed by atoms with Crippen LogP contribution in [0, 0.1) is 10.1 Å². The number of nitro benzene ring substituents is 1. The molecule has 0 fully saturated rings. The Kier molecular flexibility index (Phi) is 3.54. The number of carboxylic acids is 1. The summed E-state index contributed by atoms with van der Waals surface area (Å²) in [6.07, 6.45) is 0. The lowest BCUT2D eigenvalue weighted by molar-refractivity contribution is -0.385. The lowest BCUT2D eigenvalue weighted by Gasteiger charge is -2.17. The molecule has 0 aliphatic rings. The Morgan fingerprint density at radius 2 is 2.12 bits per heavy atom. The molecule has 1 aromatic rings. The van der Waals surface area contributed by atoms with Gasteiger partial charge in [0.1, 0.15) is 4.75 Å². The molecule has 0 spiro atoms. The molecule has 0 radical (unpaired) electrons. The zero-order chi connectivity index (χ0) is 12.3. The van der Waals surface area contributed by atoms with Crippen molar-refractivity contribution in [3.63, 3.8) is 0 Å². The van der Waals surface area contributed by atoms with E-state index in [9.17, 15) is 14.9 Å². The Morgan fingerprint density at radius 3 is 2.62 bits per heavy atom. The zero-order valence-electron chi connectivity index (χ0n) is 8.84. The summed E-state index contributed by atoms with van der Waals surface area (Å²) in [5.74, 6) is -0.955. The quantitative estimate of drug-likeness (QED) is 0.497. The number of non-ortho nitro benzene ring substituents is 1. The number of hydrogen-bond acceptors (Lipinski definition) is 4. The standard InChI is InChI=1S/C10H11NO4S/c1-10(2,9(12)13)16-8-5-3-4-7(6-8)11(14)15/h3-6H,1-2H3,(H,12,13). The van der Waals surface area contributed by atoms with Crippen molar-refractivity contribution in [2.45, 2.75) is 23.5 Å². The van der Waals surface area contributed by atoms with E-state index in [4.69, 9.17) is 5.11 Å². The first-order chi connectivity index (χ1) is 7.33. The van der Waals surface area contributed by atoms with E-state index in [1.807, 2.05) is 0 Å². The van der Waals surface area contributed by atoms with E-state index in [1.165, 1.54) is 12.1 Å². The molecular weight excluding hydrogens is 230 g/mol. The zero-order valence-corrected chi connectivity index (χ0v) is 9.65. The smallest absolute Gasteiger partial charge is 0.319 e. The van der Waals surface area contributed by atoms with E-state index in [0.29, 0.717) is 4.90 Å². The van der Waals surface area contributed by atoms with Crippen molar-refractivity contribution in [3.05, 3.63) is 34.4 Å². The molecule has 1 N–H and O–H groups in total. The minimum atomic E-state index is -1.00. The number of nitro groups is 1. The SMILES string of the molecule is CC(C)(Sc1cccc([N+](=O)[O-])c1)C(=O)O. The van der Waals surface area contributed by atoms with Gasteiger partial charge >= 0.3 is 5.97 Å². The van der Waals surface area contributed by atoms with E-state index >= 15 is 0 Å². The fourth-order valence-electron chi connectivity index (χ4n) is 0.999. The topological polar surface area (TPSA) is 80.4 Å². The van der Waals surface area contributed by atoms with E-state index in [0.717, 1.165) is 11.8 Å². The maximum atomic E-state index is 10.9. The van der Waals surface area contributed by atoms with Crippen molar-refractivity contribution < 1.29 is 14.8 Å². The molecule has 0 amide bonds. The van der Waals surface area contributed by atoms with Crippen LogP contribution in [-0.2, 0) is 4.79 Å². The van der Waals surface area contributed by atoms with Gasteiger partial charge in [-0.05, 0) is 19.9 Å². The van der Waals surface area contributed by atoms with Crippen LogP contribution in [-0.4, -0.2) is 20.7 Å². The van der Waals surface area contributed by atoms with Gasteiger partial charge in [0.15, 0.2) is 0 Å². The molecule has 0 saturated heterocycles. The lowest BCUT2D eigenvalue weighted by atomic mass is 10.2. The minimum absolute atomic E-state index is 0.0359. The number of nitrogens with zero attached hydrogens (tertiary/aromatic N) is 1. The third kappa shape index (κ3) is 2.96. The summed E-state index contributed by atoms with van der Waals surface area (Å²) in [6.45, 7) is 3.11. The summed E-state index contributed by atoms with van der Waals surface area (Å²) in [7, 11) is 0. The molecule has 0 atom stereocenters. The molecule has 6 heteroatoms. The summed E-state index contributed by atoms with van der Waals surface area (Å²) in [4.78, 5) is 21.5. The van der Waals surface area contributed by atoms with Crippen LogP contribution in [0.25, 0.3) is 0 Å². The summed E-state index contributed by atoms with van der Waals surface area (Å²) >= 11 is 1.08. The minimum Gasteiger partial charge on any atom is -0.480 e. The van der Waals surface area contributed by atoms with Crippen LogP contribution < -0.4 is 0 Å². The highest BCUT2D eigenvalue weighted by atomic mass is 32.2. The van der Waals surface area contributed by atoms with Crippen molar-refractivity contribution in [1.29, 1.82) is 0 Å². The van der Waals surface area contributed by atoms with Gasteiger partial charge in [0, 0.05) is 17.0 Å². The third-order valence-corrected chi connectivity index (χ3v) is 3.09. The van der Waals surface area contributed by atoms with Gasteiger partial charge in [-0.15, -0.1) is 11.8 Å². The Labute approximate surface area is 96.6 Å². The second-order valence-corrected chi connectivity index (χ2v) is 5.37. The van der Waals surface area contributed by atoms with Crippen molar-refractivity contribution in [1.82, 2.24) is 0 Å². The van der Waals surface area contributed by atoms with Crippen LogP contribution in [0.4, 0.5) is 5.69 Å². The summed E-state index contributed by atoms with van der Waals surface area (Å²) in [5, 5.41) is 19.5. The first kappa shape index (κ1) is 12.5. The van der Waals surface area contributed by atoms with Crippen LogP contribution in [0.2, 0.25) is 0 Å². The molecule has 0 aromatic heterocycles. The fourth-order valence-corrected chi connectivity index (χ4v) is 2.00. The van der Waals surface area contributed by atoms with Crippen LogP contribution >= 0.6 is 11.8 Å². The van der Waals surface area contributed by atoms with E-state index in [2.05, 4.69) is 0 Å². The van der Waals surface area contributed by atoms with Crippen LogP contribution in [0.3, 0.4) is 0 Å². The van der Waals surface area contributed by atoms with Gasteiger partial charge in [-0.25, -0.2) is 0 Å². The molecule has 1 rings (SSSR count). The van der Waals surface area contributed by atoms with Crippen LogP contribution in [0.1, 0.15) is 13.8 Å². The molecule has 0 aliphatic heterocycles. The number of hydrogen-bond donors (Lipinski definition) is 1. The van der Waals surface area contributed by atoms with Crippen molar-refractivity contribution >= 4 is 23.4 Å². The van der Waals surface area contributed by atoms with E-state index in [1.54, 1.807) is 26.0 Å². The van der Waals surface area contributed by atoms with Crippen molar-refractivity contribution in [3.8, 4) is 0 Å². The first-order valence-corrected chi connectivity index (χ1v) is 5.31. The number of thioether (sulfide) groups is 1. The summed E-state index contributed by atoms with van der Waals surface area (Å²) in [5.41, 5.74) is -0.0359. The van der Waals surface area contributed by atoms with Gasteiger partial charge < -0.3 is 5.11 Å². The normalized spacial score (nSPS) is 11.1. The number of carbonyl (C=O) groups is 1. The van der Waals surface area contributed by atoms with Crippen molar-refractivity contribution in [2.24, 2.45) is 0 Å². The van der Waals surface area contributed by atoms with Gasteiger partial charge in [-0.1, -0.05) is 6.07 Å². The predicted octanol–water partition coefficient (Wildman–Crippen LogP) is 2.55. The number of benzene rings is 1. The second-order valence-electron chi connectivity index (χ2n) is 3.67. The fraction of sp³-hybridized carbons (Fsp3) is 0.300. The Bertz CT molecular complexity index is 431. The van der Waals surface area contributed by atoms with Gasteiger partial charge in [-0.2, -0.15) is 0 Å². The lowest BCUT2D eigenvalue weighted by Crippen LogP contribution is -2.26.